The van der Waals surface area contributed by atoms with Gasteiger partial charge in [0, 0.05) is 29.5 Å². The number of benzene rings is 2. The first-order valence-corrected chi connectivity index (χ1v) is 9.55. The number of hydrogen-bond acceptors (Lipinski definition) is 4. The normalized spacial score (nSPS) is 10.5. The zero-order valence-corrected chi connectivity index (χ0v) is 17.0. The number of ether oxygens (including phenoxy) is 1. The quantitative estimate of drug-likeness (QED) is 0.598. The molecule has 0 aliphatic carbocycles. The highest BCUT2D eigenvalue weighted by Gasteiger charge is 2.09. The Morgan fingerprint density at radius 2 is 1.64 bits per heavy atom. The van der Waals surface area contributed by atoms with E-state index in [1.165, 1.54) is 0 Å². The van der Waals surface area contributed by atoms with Gasteiger partial charge in [-0.25, -0.2) is 0 Å². The third-order valence-electron chi connectivity index (χ3n) is 4.07. The molecule has 0 unspecified atom stereocenters. The van der Waals surface area contributed by atoms with Crippen molar-refractivity contribution in [1.29, 1.82) is 0 Å². The molecule has 0 aromatic heterocycles. The zero-order chi connectivity index (χ0) is 20.5. The summed E-state index contributed by atoms with van der Waals surface area (Å²) in [7, 11) is 0. The summed E-state index contributed by atoms with van der Waals surface area (Å²) in [6.07, 6.45) is 0.403. The lowest BCUT2D eigenvalue weighted by Gasteiger charge is -2.14. The van der Waals surface area contributed by atoms with Gasteiger partial charge in [0.15, 0.2) is 0 Å². The zero-order valence-electron chi connectivity index (χ0n) is 17.0. The van der Waals surface area contributed by atoms with Gasteiger partial charge in [-0.1, -0.05) is 32.9 Å². The number of anilines is 3. The van der Waals surface area contributed by atoms with E-state index in [1.807, 2.05) is 43.3 Å². The largest absolute Gasteiger partial charge is 0.493 e. The minimum Gasteiger partial charge on any atom is -0.493 e. The molecule has 0 bridgehead atoms. The third kappa shape index (κ3) is 6.61. The molecule has 0 heterocycles. The van der Waals surface area contributed by atoms with E-state index in [9.17, 15) is 9.59 Å². The molecular weight excluding hydrogens is 354 g/mol. The topological polar surface area (TPSA) is 79.5 Å². The molecule has 0 atom stereocenters. The van der Waals surface area contributed by atoms with Crippen LogP contribution in [0.2, 0.25) is 0 Å². The molecule has 2 rings (SSSR count). The summed E-state index contributed by atoms with van der Waals surface area (Å²) in [6.45, 7) is 8.62. The van der Waals surface area contributed by atoms with Crippen molar-refractivity contribution in [3.63, 3.8) is 0 Å². The maximum atomic E-state index is 12.3. The smallest absolute Gasteiger partial charge is 0.243 e. The second kappa shape index (κ2) is 10.3. The Morgan fingerprint density at radius 3 is 2.29 bits per heavy atom. The Morgan fingerprint density at radius 1 is 1.00 bits per heavy atom. The van der Waals surface area contributed by atoms with Crippen LogP contribution in [0, 0.1) is 12.8 Å². The average molecular weight is 383 g/mol. The summed E-state index contributed by atoms with van der Waals surface area (Å²) in [4.78, 5) is 24.0. The van der Waals surface area contributed by atoms with Gasteiger partial charge in [-0.2, -0.15) is 0 Å². The van der Waals surface area contributed by atoms with Crippen LogP contribution in [0.25, 0.3) is 0 Å². The highest BCUT2D eigenvalue weighted by molar-refractivity contribution is 5.97. The number of rotatable bonds is 9. The van der Waals surface area contributed by atoms with Gasteiger partial charge < -0.3 is 20.7 Å². The minimum atomic E-state index is -0.171. The Hall–Kier alpha value is -3.02. The third-order valence-corrected chi connectivity index (χ3v) is 4.07. The van der Waals surface area contributed by atoms with Crippen molar-refractivity contribution in [2.24, 2.45) is 5.92 Å². The van der Waals surface area contributed by atoms with Gasteiger partial charge in [0.2, 0.25) is 11.8 Å². The van der Waals surface area contributed by atoms with E-state index in [0.717, 1.165) is 17.0 Å². The van der Waals surface area contributed by atoms with E-state index in [-0.39, 0.29) is 18.4 Å². The first-order chi connectivity index (χ1) is 13.4. The molecular formula is C22H29N3O3. The van der Waals surface area contributed by atoms with Crippen LogP contribution in [0.15, 0.2) is 42.5 Å². The molecule has 2 aromatic rings. The van der Waals surface area contributed by atoms with Crippen LogP contribution in [0.4, 0.5) is 17.1 Å². The summed E-state index contributed by atoms with van der Waals surface area (Å²) < 4.78 is 5.71. The van der Waals surface area contributed by atoms with Crippen LogP contribution < -0.4 is 20.7 Å². The molecule has 0 aliphatic heterocycles. The van der Waals surface area contributed by atoms with E-state index in [1.54, 1.807) is 13.0 Å². The van der Waals surface area contributed by atoms with Crippen molar-refractivity contribution in [3.05, 3.63) is 48.0 Å². The van der Waals surface area contributed by atoms with Gasteiger partial charge in [0.05, 0.1) is 13.2 Å². The van der Waals surface area contributed by atoms with Gasteiger partial charge in [0.25, 0.3) is 0 Å². The highest BCUT2D eigenvalue weighted by Crippen LogP contribution is 2.23. The fraction of sp³-hybridized carbons (Fsp3) is 0.364. The SMILES string of the molecule is CCC(=O)Nc1cccc(NC(=O)CNc2cccc(OCC(C)C)c2)c1C. The van der Waals surface area contributed by atoms with E-state index in [4.69, 9.17) is 4.74 Å². The summed E-state index contributed by atoms with van der Waals surface area (Å²) in [5.41, 5.74) is 3.01. The minimum absolute atomic E-state index is 0.0622. The maximum absolute atomic E-state index is 12.3. The molecule has 0 radical (unpaired) electrons. The van der Waals surface area contributed by atoms with Gasteiger partial charge >= 0.3 is 0 Å². The van der Waals surface area contributed by atoms with Crippen LogP contribution in [0.5, 0.6) is 5.75 Å². The van der Waals surface area contributed by atoms with Gasteiger partial charge in [-0.3, -0.25) is 9.59 Å². The van der Waals surface area contributed by atoms with E-state index in [2.05, 4.69) is 29.8 Å². The van der Waals surface area contributed by atoms with Crippen LogP contribution in [0.1, 0.15) is 32.8 Å². The number of carbonyl (C=O) groups excluding carboxylic acids is 2. The summed E-state index contributed by atoms with van der Waals surface area (Å²) >= 11 is 0. The van der Waals surface area contributed by atoms with Crippen molar-refractivity contribution in [2.45, 2.75) is 34.1 Å². The number of hydrogen-bond donors (Lipinski definition) is 3. The molecule has 0 aliphatic rings. The summed E-state index contributed by atoms with van der Waals surface area (Å²) in [5.74, 6) is 0.987. The van der Waals surface area contributed by atoms with E-state index < -0.39 is 0 Å². The predicted molar refractivity (Wildman–Crippen MR) is 114 cm³/mol. The number of carbonyl (C=O) groups is 2. The Kier molecular flexibility index (Phi) is 7.87. The van der Waals surface area contributed by atoms with Gasteiger partial charge in [0.1, 0.15) is 5.75 Å². The Bertz CT molecular complexity index is 818. The van der Waals surface area contributed by atoms with Crippen molar-refractivity contribution in [2.75, 3.05) is 29.1 Å². The lowest BCUT2D eigenvalue weighted by molar-refractivity contribution is -0.116. The van der Waals surface area contributed by atoms with Crippen molar-refractivity contribution in [1.82, 2.24) is 0 Å². The summed E-state index contributed by atoms with van der Waals surface area (Å²) in [5, 5.41) is 8.83. The lowest BCUT2D eigenvalue weighted by Crippen LogP contribution is -2.22. The first kappa shape index (κ1) is 21.3. The van der Waals surface area contributed by atoms with Crippen LogP contribution >= 0.6 is 0 Å². The van der Waals surface area contributed by atoms with Crippen LogP contribution in [0.3, 0.4) is 0 Å². The molecule has 0 spiro atoms. The highest BCUT2D eigenvalue weighted by atomic mass is 16.5. The number of nitrogens with one attached hydrogen (secondary N) is 3. The molecule has 6 heteroatoms. The van der Waals surface area contributed by atoms with Crippen LogP contribution in [-0.2, 0) is 9.59 Å². The van der Waals surface area contributed by atoms with Crippen molar-refractivity contribution >= 4 is 28.9 Å². The molecule has 3 N–H and O–H groups in total. The van der Waals surface area contributed by atoms with Crippen LogP contribution in [-0.4, -0.2) is 25.0 Å². The molecule has 0 saturated heterocycles. The van der Waals surface area contributed by atoms with Gasteiger partial charge in [-0.05, 0) is 42.7 Å². The molecule has 6 nitrogen and oxygen atoms in total. The molecule has 28 heavy (non-hydrogen) atoms. The predicted octanol–water partition coefficient (Wildman–Crippen LogP) is 4.43. The molecule has 150 valence electrons. The van der Waals surface area contributed by atoms with E-state index >= 15 is 0 Å². The molecule has 0 fully saturated rings. The summed E-state index contributed by atoms with van der Waals surface area (Å²) in [6, 6.07) is 13.0. The first-order valence-electron chi connectivity index (χ1n) is 9.55. The number of amides is 2. The maximum Gasteiger partial charge on any atom is 0.243 e. The van der Waals surface area contributed by atoms with Crippen molar-refractivity contribution in [3.8, 4) is 5.75 Å². The second-order valence-corrected chi connectivity index (χ2v) is 7.01. The standard InChI is InChI=1S/C22H29N3O3/c1-5-21(26)24-19-10-7-11-20(16(19)4)25-22(27)13-23-17-8-6-9-18(12-17)28-14-15(2)3/h6-12,15,23H,5,13-14H2,1-4H3,(H,24,26)(H,25,27). The van der Waals surface area contributed by atoms with Crippen molar-refractivity contribution < 1.29 is 14.3 Å². The monoisotopic (exact) mass is 383 g/mol. The fourth-order valence-electron chi connectivity index (χ4n) is 2.48. The lowest BCUT2D eigenvalue weighted by atomic mass is 10.1. The molecule has 2 aromatic carbocycles. The Labute approximate surface area is 166 Å². The average Bonchev–Trinajstić information content (AvgIpc) is 2.68. The fourth-order valence-corrected chi connectivity index (χ4v) is 2.48. The molecule has 0 saturated carbocycles. The Balaban J connectivity index is 1.93. The second-order valence-electron chi connectivity index (χ2n) is 7.01. The van der Waals surface area contributed by atoms with Gasteiger partial charge in [-0.15, -0.1) is 0 Å². The van der Waals surface area contributed by atoms with E-state index in [0.29, 0.717) is 30.3 Å². The molecule has 2 amide bonds.